The number of nitrogens with one attached hydrogen (secondary N) is 1. The van der Waals surface area contributed by atoms with Crippen molar-refractivity contribution in [3.05, 3.63) is 23.8 Å². The van der Waals surface area contributed by atoms with Crippen molar-refractivity contribution in [3.63, 3.8) is 0 Å². The Balaban J connectivity index is 2.92. The molecule has 0 aliphatic rings. The minimum atomic E-state index is -0.946. The van der Waals surface area contributed by atoms with Gasteiger partial charge in [0.25, 0.3) is 0 Å². The fourth-order valence-electron chi connectivity index (χ4n) is 1.42. The van der Waals surface area contributed by atoms with Gasteiger partial charge in [-0.25, -0.2) is 4.79 Å². The average molecular weight is 240 g/mol. The van der Waals surface area contributed by atoms with Crippen LogP contribution in [-0.4, -0.2) is 29.1 Å². The van der Waals surface area contributed by atoms with Crippen LogP contribution >= 0.6 is 11.8 Å². The monoisotopic (exact) mass is 240 g/mol. The fourth-order valence-corrected chi connectivity index (χ4v) is 2.01. The van der Waals surface area contributed by atoms with Crippen molar-refractivity contribution in [1.29, 1.82) is 0 Å². The minimum absolute atomic E-state index is 0.204. The van der Waals surface area contributed by atoms with Crippen molar-refractivity contribution in [2.45, 2.75) is 13.0 Å². The maximum atomic E-state index is 11.0. The summed E-state index contributed by atoms with van der Waals surface area (Å²) in [5, 5.41) is 12.2. The second-order valence-corrected chi connectivity index (χ2v) is 4.52. The number of benzene rings is 1. The van der Waals surface area contributed by atoms with Gasteiger partial charge in [0.05, 0.1) is 11.3 Å². The van der Waals surface area contributed by atoms with E-state index in [9.17, 15) is 4.79 Å². The van der Waals surface area contributed by atoms with Crippen LogP contribution in [0.1, 0.15) is 17.3 Å². The van der Waals surface area contributed by atoms with Gasteiger partial charge in [0.1, 0.15) is 0 Å². The van der Waals surface area contributed by atoms with E-state index in [2.05, 4.69) is 5.32 Å². The molecule has 0 heterocycles. The van der Waals surface area contributed by atoms with E-state index in [-0.39, 0.29) is 11.6 Å². The molecule has 0 bridgehead atoms. The first-order chi connectivity index (χ1) is 7.54. The number of carboxylic acids is 1. The number of hydrogen-bond donors (Lipinski definition) is 3. The summed E-state index contributed by atoms with van der Waals surface area (Å²) in [6.45, 7) is 2.01. The van der Waals surface area contributed by atoms with Crippen LogP contribution in [0.15, 0.2) is 18.2 Å². The zero-order chi connectivity index (χ0) is 12.1. The summed E-state index contributed by atoms with van der Waals surface area (Å²) in [5.41, 5.74) is 7.03. The lowest BCUT2D eigenvalue weighted by Gasteiger charge is -2.16. The van der Waals surface area contributed by atoms with Gasteiger partial charge in [-0.05, 0) is 31.4 Å². The Morgan fingerprint density at radius 1 is 1.62 bits per heavy atom. The molecule has 88 valence electrons. The predicted molar refractivity (Wildman–Crippen MR) is 69.3 cm³/mol. The molecule has 1 rings (SSSR count). The SMILES string of the molecule is CSCC(C)Nc1cc(N)ccc1C(=O)O. The van der Waals surface area contributed by atoms with Gasteiger partial charge in [0.15, 0.2) is 0 Å². The number of nitrogen functional groups attached to an aromatic ring is 1. The molecule has 1 unspecified atom stereocenters. The Kier molecular flexibility index (Phi) is 4.49. The van der Waals surface area contributed by atoms with Crippen LogP contribution < -0.4 is 11.1 Å². The lowest BCUT2D eigenvalue weighted by Crippen LogP contribution is -2.19. The highest BCUT2D eigenvalue weighted by Crippen LogP contribution is 2.20. The van der Waals surface area contributed by atoms with Gasteiger partial charge in [0.2, 0.25) is 0 Å². The molecule has 0 radical (unpaired) electrons. The lowest BCUT2D eigenvalue weighted by molar-refractivity contribution is 0.0698. The molecule has 1 aromatic rings. The van der Waals surface area contributed by atoms with E-state index >= 15 is 0 Å². The maximum Gasteiger partial charge on any atom is 0.337 e. The quantitative estimate of drug-likeness (QED) is 0.687. The van der Waals surface area contributed by atoms with E-state index in [0.717, 1.165) is 5.75 Å². The van der Waals surface area contributed by atoms with Gasteiger partial charge in [-0.2, -0.15) is 11.8 Å². The first-order valence-corrected chi connectivity index (χ1v) is 6.32. The number of thioether (sulfide) groups is 1. The minimum Gasteiger partial charge on any atom is -0.478 e. The van der Waals surface area contributed by atoms with Crippen LogP contribution in [0.2, 0.25) is 0 Å². The summed E-state index contributed by atoms with van der Waals surface area (Å²) in [4.78, 5) is 11.0. The Labute approximate surface area is 99.2 Å². The van der Waals surface area contributed by atoms with Crippen LogP contribution in [0.3, 0.4) is 0 Å². The molecule has 1 atom stereocenters. The van der Waals surface area contributed by atoms with Crippen LogP contribution in [-0.2, 0) is 0 Å². The first kappa shape index (κ1) is 12.7. The summed E-state index contributed by atoms with van der Waals surface area (Å²) in [5.74, 6) is -0.0349. The average Bonchev–Trinajstić information content (AvgIpc) is 2.17. The number of carbonyl (C=O) groups is 1. The van der Waals surface area contributed by atoms with E-state index < -0.39 is 5.97 Å². The van der Waals surface area contributed by atoms with Crippen molar-refractivity contribution in [2.75, 3.05) is 23.1 Å². The van der Waals surface area contributed by atoms with Gasteiger partial charge < -0.3 is 16.2 Å². The van der Waals surface area contributed by atoms with E-state index in [1.807, 2.05) is 13.2 Å². The topological polar surface area (TPSA) is 75.3 Å². The number of aromatic carboxylic acids is 1. The Bertz CT molecular complexity index is 382. The maximum absolute atomic E-state index is 11.0. The van der Waals surface area contributed by atoms with Crippen LogP contribution in [0.4, 0.5) is 11.4 Å². The van der Waals surface area contributed by atoms with Crippen molar-refractivity contribution in [2.24, 2.45) is 0 Å². The molecule has 5 heteroatoms. The molecule has 0 saturated carbocycles. The molecule has 0 aliphatic carbocycles. The Hall–Kier alpha value is -1.36. The molecule has 0 fully saturated rings. The number of rotatable bonds is 5. The third-order valence-corrected chi connectivity index (χ3v) is 2.93. The second kappa shape index (κ2) is 5.65. The molecule has 0 aromatic heterocycles. The van der Waals surface area contributed by atoms with Crippen molar-refractivity contribution in [3.8, 4) is 0 Å². The molecule has 16 heavy (non-hydrogen) atoms. The molecule has 0 spiro atoms. The molecule has 4 N–H and O–H groups in total. The fraction of sp³-hybridized carbons (Fsp3) is 0.364. The molecule has 0 aliphatic heterocycles. The van der Waals surface area contributed by atoms with Crippen LogP contribution in [0.25, 0.3) is 0 Å². The third kappa shape index (κ3) is 3.34. The van der Waals surface area contributed by atoms with Gasteiger partial charge in [0, 0.05) is 17.5 Å². The highest BCUT2D eigenvalue weighted by atomic mass is 32.2. The summed E-state index contributed by atoms with van der Waals surface area (Å²) in [7, 11) is 0. The highest BCUT2D eigenvalue weighted by molar-refractivity contribution is 7.98. The normalized spacial score (nSPS) is 12.1. The zero-order valence-corrected chi connectivity index (χ0v) is 10.2. The number of anilines is 2. The predicted octanol–water partition coefficient (Wildman–Crippen LogP) is 2.13. The summed E-state index contributed by atoms with van der Waals surface area (Å²) < 4.78 is 0. The van der Waals surface area contributed by atoms with Crippen molar-refractivity contribution < 1.29 is 9.90 Å². The van der Waals surface area contributed by atoms with Crippen molar-refractivity contribution >= 4 is 29.1 Å². The highest BCUT2D eigenvalue weighted by Gasteiger charge is 2.11. The largest absolute Gasteiger partial charge is 0.478 e. The molecule has 4 nitrogen and oxygen atoms in total. The van der Waals surface area contributed by atoms with Crippen molar-refractivity contribution in [1.82, 2.24) is 0 Å². The molecular formula is C11H16N2O2S. The summed E-state index contributed by atoms with van der Waals surface area (Å²) in [6.07, 6.45) is 2.01. The van der Waals surface area contributed by atoms with Gasteiger partial charge in [-0.3, -0.25) is 0 Å². The molecular weight excluding hydrogens is 224 g/mol. The van der Waals surface area contributed by atoms with Crippen LogP contribution in [0, 0.1) is 0 Å². The number of carboxylic acid groups (broad SMARTS) is 1. The Morgan fingerprint density at radius 3 is 2.88 bits per heavy atom. The number of hydrogen-bond acceptors (Lipinski definition) is 4. The van der Waals surface area contributed by atoms with Gasteiger partial charge >= 0.3 is 5.97 Å². The standard InChI is InChI=1S/C11H16N2O2S/c1-7(6-16-2)13-10-5-8(12)3-4-9(10)11(14)15/h3-5,7,13H,6,12H2,1-2H3,(H,14,15). The summed E-state index contributed by atoms with van der Waals surface area (Å²) in [6, 6.07) is 4.97. The number of nitrogens with two attached hydrogens (primary N) is 1. The zero-order valence-electron chi connectivity index (χ0n) is 9.36. The second-order valence-electron chi connectivity index (χ2n) is 3.61. The van der Waals surface area contributed by atoms with E-state index in [4.69, 9.17) is 10.8 Å². The van der Waals surface area contributed by atoms with Gasteiger partial charge in [-0.15, -0.1) is 0 Å². The van der Waals surface area contributed by atoms with Crippen LogP contribution in [0.5, 0.6) is 0 Å². The first-order valence-electron chi connectivity index (χ1n) is 4.93. The molecule has 0 amide bonds. The third-order valence-electron chi connectivity index (χ3n) is 2.09. The van der Waals surface area contributed by atoms with Gasteiger partial charge in [-0.1, -0.05) is 0 Å². The molecule has 0 saturated heterocycles. The van der Waals surface area contributed by atoms with E-state index in [1.54, 1.807) is 23.9 Å². The Morgan fingerprint density at radius 2 is 2.31 bits per heavy atom. The lowest BCUT2D eigenvalue weighted by atomic mass is 10.1. The summed E-state index contributed by atoms with van der Waals surface area (Å²) >= 11 is 1.71. The van der Waals surface area contributed by atoms with E-state index in [1.165, 1.54) is 6.07 Å². The molecule has 1 aromatic carbocycles. The smallest absolute Gasteiger partial charge is 0.337 e. The van der Waals surface area contributed by atoms with E-state index in [0.29, 0.717) is 11.4 Å².